The predicted molar refractivity (Wildman–Crippen MR) is 86.5 cm³/mol. The van der Waals surface area contributed by atoms with Gasteiger partial charge in [0.15, 0.2) is 0 Å². The van der Waals surface area contributed by atoms with E-state index >= 15 is 0 Å². The van der Waals surface area contributed by atoms with Crippen molar-refractivity contribution in [2.24, 2.45) is 0 Å². The Morgan fingerprint density at radius 3 is 2.38 bits per heavy atom. The molecule has 0 spiro atoms. The summed E-state index contributed by atoms with van der Waals surface area (Å²) in [4.78, 5) is 0. The molecule has 0 heterocycles. The zero-order valence-electron chi connectivity index (χ0n) is 12.6. The van der Waals surface area contributed by atoms with Crippen LogP contribution in [0.15, 0.2) is 48.5 Å². The SMILES string of the molecule is Cc1ccc(C)c([C@@H](C)NS(=O)(=O)Cc2ccccc2)c1. The zero-order valence-corrected chi connectivity index (χ0v) is 13.4. The van der Waals surface area contributed by atoms with Crippen molar-refractivity contribution in [3.63, 3.8) is 0 Å². The van der Waals surface area contributed by atoms with Gasteiger partial charge in [0.2, 0.25) is 10.0 Å². The lowest BCUT2D eigenvalue weighted by Gasteiger charge is -2.17. The van der Waals surface area contributed by atoms with Gasteiger partial charge in [0, 0.05) is 6.04 Å². The van der Waals surface area contributed by atoms with Crippen LogP contribution in [0.3, 0.4) is 0 Å². The lowest BCUT2D eigenvalue weighted by Crippen LogP contribution is -2.28. The highest BCUT2D eigenvalue weighted by Gasteiger charge is 2.17. The summed E-state index contributed by atoms with van der Waals surface area (Å²) >= 11 is 0. The standard InChI is InChI=1S/C17H21NO2S/c1-13-9-10-14(2)17(11-13)15(3)18-21(19,20)12-16-7-5-4-6-8-16/h4-11,15,18H,12H2,1-3H3/t15-/m1/s1. The van der Waals surface area contributed by atoms with Gasteiger partial charge in [0.1, 0.15) is 0 Å². The van der Waals surface area contributed by atoms with Crippen LogP contribution in [0.5, 0.6) is 0 Å². The third-order valence-corrected chi connectivity index (χ3v) is 4.88. The van der Waals surface area contributed by atoms with E-state index in [2.05, 4.69) is 4.72 Å². The Morgan fingerprint density at radius 1 is 1.05 bits per heavy atom. The number of benzene rings is 2. The van der Waals surface area contributed by atoms with E-state index in [9.17, 15) is 8.42 Å². The van der Waals surface area contributed by atoms with E-state index in [0.29, 0.717) is 0 Å². The highest BCUT2D eigenvalue weighted by molar-refractivity contribution is 7.88. The van der Waals surface area contributed by atoms with Crippen molar-refractivity contribution in [1.82, 2.24) is 4.72 Å². The monoisotopic (exact) mass is 303 g/mol. The molecule has 2 aromatic carbocycles. The predicted octanol–water partition coefficient (Wildman–Crippen LogP) is 3.48. The van der Waals surface area contributed by atoms with Crippen LogP contribution in [-0.4, -0.2) is 8.42 Å². The minimum absolute atomic E-state index is 0.00302. The molecule has 0 amide bonds. The van der Waals surface area contributed by atoms with Crippen molar-refractivity contribution in [2.45, 2.75) is 32.6 Å². The summed E-state index contributed by atoms with van der Waals surface area (Å²) in [5.41, 5.74) is 4.03. The molecule has 0 fully saturated rings. The molecule has 0 saturated carbocycles. The second kappa shape index (κ2) is 6.41. The van der Waals surface area contributed by atoms with Crippen molar-refractivity contribution >= 4 is 10.0 Å². The van der Waals surface area contributed by atoms with E-state index in [0.717, 1.165) is 22.3 Å². The average Bonchev–Trinajstić information content (AvgIpc) is 2.41. The van der Waals surface area contributed by atoms with Gasteiger partial charge in [-0.3, -0.25) is 0 Å². The molecular formula is C17H21NO2S. The van der Waals surface area contributed by atoms with E-state index in [1.165, 1.54) is 0 Å². The van der Waals surface area contributed by atoms with Crippen LogP contribution in [0, 0.1) is 13.8 Å². The molecule has 0 aliphatic carbocycles. The first-order valence-electron chi connectivity index (χ1n) is 6.98. The Labute approximate surface area is 127 Å². The van der Waals surface area contributed by atoms with Crippen LogP contribution in [0.25, 0.3) is 0 Å². The molecule has 0 aliphatic rings. The fraction of sp³-hybridized carbons (Fsp3) is 0.294. The van der Waals surface area contributed by atoms with Crippen molar-refractivity contribution < 1.29 is 8.42 Å². The molecule has 0 radical (unpaired) electrons. The van der Waals surface area contributed by atoms with Gasteiger partial charge < -0.3 is 0 Å². The van der Waals surface area contributed by atoms with Gasteiger partial charge in [0.25, 0.3) is 0 Å². The Kier molecular flexibility index (Phi) is 4.80. The summed E-state index contributed by atoms with van der Waals surface area (Å²) in [5.74, 6) is 0.00302. The zero-order chi connectivity index (χ0) is 15.5. The molecule has 3 nitrogen and oxygen atoms in total. The molecule has 0 aliphatic heterocycles. The quantitative estimate of drug-likeness (QED) is 0.919. The van der Waals surface area contributed by atoms with Gasteiger partial charge in [0.05, 0.1) is 5.75 Å². The van der Waals surface area contributed by atoms with E-state index in [-0.39, 0.29) is 11.8 Å². The van der Waals surface area contributed by atoms with Crippen LogP contribution in [0.1, 0.15) is 35.2 Å². The summed E-state index contributed by atoms with van der Waals surface area (Å²) in [7, 11) is -3.36. The summed E-state index contributed by atoms with van der Waals surface area (Å²) in [6.45, 7) is 5.88. The Morgan fingerprint density at radius 2 is 1.71 bits per heavy atom. The van der Waals surface area contributed by atoms with Crippen molar-refractivity contribution in [3.05, 3.63) is 70.8 Å². The number of aryl methyl sites for hydroxylation is 2. The van der Waals surface area contributed by atoms with Crippen molar-refractivity contribution in [3.8, 4) is 0 Å². The molecule has 0 saturated heterocycles. The van der Waals surface area contributed by atoms with Gasteiger partial charge in [-0.25, -0.2) is 13.1 Å². The first-order chi connectivity index (χ1) is 9.87. The molecule has 112 valence electrons. The van der Waals surface area contributed by atoms with Crippen LogP contribution in [0.4, 0.5) is 0 Å². The second-order valence-corrected chi connectivity index (χ2v) is 7.20. The van der Waals surface area contributed by atoms with E-state index in [1.54, 1.807) is 0 Å². The summed E-state index contributed by atoms with van der Waals surface area (Å²) in [6, 6.07) is 15.1. The minimum atomic E-state index is -3.36. The topological polar surface area (TPSA) is 46.2 Å². The first kappa shape index (κ1) is 15.7. The number of hydrogen-bond acceptors (Lipinski definition) is 2. The van der Waals surface area contributed by atoms with Crippen LogP contribution in [0.2, 0.25) is 0 Å². The van der Waals surface area contributed by atoms with E-state index in [1.807, 2.05) is 69.3 Å². The third-order valence-electron chi connectivity index (χ3n) is 3.46. The molecule has 21 heavy (non-hydrogen) atoms. The van der Waals surface area contributed by atoms with Crippen LogP contribution >= 0.6 is 0 Å². The first-order valence-corrected chi connectivity index (χ1v) is 8.64. The molecular weight excluding hydrogens is 282 g/mol. The molecule has 2 aromatic rings. The minimum Gasteiger partial charge on any atom is -0.212 e. The molecule has 0 bridgehead atoms. The van der Waals surface area contributed by atoms with Crippen LogP contribution in [-0.2, 0) is 15.8 Å². The highest BCUT2D eigenvalue weighted by Crippen LogP contribution is 2.20. The van der Waals surface area contributed by atoms with Crippen molar-refractivity contribution in [2.75, 3.05) is 0 Å². The van der Waals surface area contributed by atoms with Gasteiger partial charge in [-0.05, 0) is 37.5 Å². The average molecular weight is 303 g/mol. The summed E-state index contributed by atoms with van der Waals surface area (Å²) in [5, 5.41) is 0. The normalized spacial score (nSPS) is 13.1. The molecule has 2 rings (SSSR count). The van der Waals surface area contributed by atoms with Gasteiger partial charge >= 0.3 is 0 Å². The summed E-state index contributed by atoms with van der Waals surface area (Å²) < 4.78 is 27.3. The maximum Gasteiger partial charge on any atom is 0.216 e. The number of nitrogens with one attached hydrogen (secondary N) is 1. The Bertz CT molecular complexity index is 709. The van der Waals surface area contributed by atoms with Gasteiger partial charge in [-0.15, -0.1) is 0 Å². The highest BCUT2D eigenvalue weighted by atomic mass is 32.2. The molecule has 0 unspecified atom stereocenters. The van der Waals surface area contributed by atoms with Crippen molar-refractivity contribution in [1.29, 1.82) is 0 Å². The Hall–Kier alpha value is -1.65. The fourth-order valence-electron chi connectivity index (χ4n) is 2.39. The molecule has 1 N–H and O–H groups in total. The smallest absolute Gasteiger partial charge is 0.212 e. The van der Waals surface area contributed by atoms with Gasteiger partial charge in [-0.2, -0.15) is 0 Å². The maximum absolute atomic E-state index is 12.3. The lowest BCUT2D eigenvalue weighted by atomic mass is 10.0. The van der Waals surface area contributed by atoms with E-state index in [4.69, 9.17) is 0 Å². The number of hydrogen-bond donors (Lipinski definition) is 1. The van der Waals surface area contributed by atoms with E-state index < -0.39 is 10.0 Å². The number of sulfonamides is 1. The second-order valence-electron chi connectivity index (χ2n) is 5.44. The molecule has 0 aromatic heterocycles. The summed E-state index contributed by atoms with van der Waals surface area (Å²) in [6.07, 6.45) is 0. The number of rotatable bonds is 5. The molecule has 1 atom stereocenters. The molecule has 4 heteroatoms. The fourth-order valence-corrected chi connectivity index (χ4v) is 3.77. The largest absolute Gasteiger partial charge is 0.216 e. The van der Waals surface area contributed by atoms with Crippen LogP contribution < -0.4 is 4.72 Å². The van der Waals surface area contributed by atoms with Gasteiger partial charge in [-0.1, -0.05) is 54.1 Å². The lowest BCUT2D eigenvalue weighted by molar-refractivity contribution is 0.565. The maximum atomic E-state index is 12.3. The Balaban J connectivity index is 2.14. The third kappa shape index (κ3) is 4.41.